The molecular formula is C17H34N2O. The van der Waals surface area contributed by atoms with Gasteiger partial charge in [-0.05, 0) is 51.0 Å². The van der Waals surface area contributed by atoms with Crippen molar-refractivity contribution in [1.29, 1.82) is 0 Å². The minimum Gasteiger partial charge on any atom is -0.380 e. The molecule has 2 rings (SSSR count). The van der Waals surface area contributed by atoms with E-state index in [4.69, 9.17) is 4.74 Å². The van der Waals surface area contributed by atoms with Crippen LogP contribution in [0.5, 0.6) is 0 Å². The van der Waals surface area contributed by atoms with Crippen molar-refractivity contribution < 1.29 is 4.74 Å². The summed E-state index contributed by atoms with van der Waals surface area (Å²) >= 11 is 0. The van der Waals surface area contributed by atoms with Gasteiger partial charge in [0.05, 0.1) is 6.61 Å². The number of nitrogens with one attached hydrogen (secondary N) is 1. The Bertz CT molecular complexity index is 270. The molecular weight excluding hydrogens is 248 g/mol. The number of ether oxygens (including phenoxy) is 1. The highest BCUT2D eigenvalue weighted by Crippen LogP contribution is 2.39. The van der Waals surface area contributed by atoms with E-state index in [0.29, 0.717) is 5.41 Å². The highest BCUT2D eigenvalue weighted by atomic mass is 16.5. The zero-order valence-corrected chi connectivity index (χ0v) is 13.8. The Hall–Kier alpha value is -0.120. The summed E-state index contributed by atoms with van der Waals surface area (Å²) in [5.41, 5.74) is 0.510. The fourth-order valence-corrected chi connectivity index (χ4v) is 3.43. The van der Waals surface area contributed by atoms with Gasteiger partial charge in [0.2, 0.25) is 0 Å². The van der Waals surface area contributed by atoms with Gasteiger partial charge in [0.25, 0.3) is 0 Å². The molecule has 0 spiro atoms. The van der Waals surface area contributed by atoms with Gasteiger partial charge >= 0.3 is 0 Å². The fraction of sp³-hybridized carbons (Fsp3) is 1.00. The van der Waals surface area contributed by atoms with Gasteiger partial charge in [0, 0.05) is 32.3 Å². The second kappa shape index (κ2) is 7.77. The molecule has 0 heterocycles. The van der Waals surface area contributed by atoms with Crippen molar-refractivity contribution in [3.63, 3.8) is 0 Å². The average Bonchev–Trinajstić information content (AvgIpc) is 3.24. The molecule has 118 valence electrons. The quantitative estimate of drug-likeness (QED) is 0.658. The molecule has 3 nitrogen and oxygen atoms in total. The number of rotatable bonds is 9. The summed E-state index contributed by atoms with van der Waals surface area (Å²) < 4.78 is 5.49. The predicted molar refractivity (Wildman–Crippen MR) is 85.1 cm³/mol. The van der Waals surface area contributed by atoms with Crippen LogP contribution in [0.1, 0.15) is 52.4 Å². The lowest BCUT2D eigenvalue weighted by Crippen LogP contribution is -2.46. The van der Waals surface area contributed by atoms with Gasteiger partial charge in [-0.2, -0.15) is 0 Å². The molecule has 2 aliphatic rings. The average molecular weight is 282 g/mol. The largest absolute Gasteiger partial charge is 0.380 e. The summed E-state index contributed by atoms with van der Waals surface area (Å²) in [4.78, 5) is 2.49. The van der Waals surface area contributed by atoms with E-state index in [9.17, 15) is 0 Å². The fourth-order valence-electron chi connectivity index (χ4n) is 3.43. The standard InChI is InChI=1S/C17H34N2O/c1-4-20-12-11-19(3)14-17(13-18-16-5-6-16)9-7-15(2)8-10-17/h15-16,18H,4-14H2,1-3H3. The maximum atomic E-state index is 5.49. The Kier molecular flexibility index (Phi) is 6.31. The summed E-state index contributed by atoms with van der Waals surface area (Å²) in [6.45, 7) is 9.71. The number of nitrogens with zero attached hydrogens (tertiary/aromatic N) is 1. The topological polar surface area (TPSA) is 24.5 Å². The van der Waals surface area contributed by atoms with Crippen LogP contribution in [0.25, 0.3) is 0 Å². The van der Waals surface area contributed by atoms with E-state index < -0.39 is 0 Å². The Labute approximate surface area is 125 Å². The molecule has 0 unspecified atom stereocenters. The molecule has 0 aromatic carbocycles. The third-order valence-electron chi connectivity index (χ3n) is 5.10. The molecule has 1 N–H and O–H groups in total. The molecule has 3 heteroatoms. The van der Waals surface area contributed by atoms with Crippen molar-refractivity contribution in [3.8, 4) is 0 Å². The zero-order valence-electron chi connectivity index (χ0n) is 13.8. The van der Waals surface area contributed by atoms with Crippen LogP contribution in [0.3, 0.4) is 0 Å². The van der Waals surface area contributed by atoms with E-state index in [0.717, 1.165) is 31.7 Å². The maximum Gasteiger partial charge on any atom is 0.0593 e. The third-order valence-corrected chi connectivity index (χ3v) is 5.10. The highest BCUT2D eigenvalue weighted by molar-refractivity contribution is 4.92. The molecule has 0 aromatic rings. The first-order valence-electron chi connectivity index (χ1n) is 8.63. The number of hydrogen-bond donors (Lipinski definition) is 1. The Morgan fingerprint density at radius 1 is 1.20 bits per heavy atom. The van der Waals surface area contributed by atoms with Crippen LogP contribution >= 0.6 is 0 Å². The van der Waals surface area contributed by atoms with Crippen LogP contribution in [0.4, 0.5) is 0 Å². The molecule has 0 saturated heterocycles. The summed E-state index contributed by atoms with van der Waals surface area (Å²) in [6, 6.07) is 0.833. The van der Waals surface area contributed by atoms with Crippen molar-refractivity contribution in [2.24, 2.45) is 11.3 Å². The SMILES string of the molecule is CCOCCN(C)CC1(CNC2CC2)CCC(C)CC1. The van der Waals surface area contributed by atoms with Gasteiger partial charge in [-0.3, -0.25) is 0 Å². The van der Waals surface area contributed by atoms with Crippen LogP contribution < -0.4 is 5.32 Å². The summed E-state index contributed by atoms with van der Waals surface area (Å²) in [5.74, 6) is 0.929. The smallest absolute Gasteiger partial charge is 0.0593 e. The van der Waals surface area contributed by atoms with Gasteiger partial charge in [-0.15, -0.1) is 0 Å². The van der Waals surface area contributed by atoms with Crippen LogP contribution in [-0.4, -0.2) is 50.8 Å². The van der Waals surface area contributed by atoms with Crippen molar-refractivity contribution in [2.75, 3.05) is 39.9 Å². The minimum atomic E-state index is 0.510. The molecule has 2 aliphatic carbocycles. The molecule has 0 atom stereocenters. The Balaban J connectivity index is 1.80. The van der Waals surface area contributed by atoms with Gasteiger partial charge in [0.15, 0.2) is 0 Å². The van der Waals surface area contributed by atoms with E-state index in [1.165, 1.54) is 51.6 Å². The summed E-state index contributed by atoms with van der Waals surface area (Å²) in [7, 11) is 2.26. The van der Waals surface area contributed by atoms with Crippen molar-refractivity contribution >= 4 is 0 Å². The van der Waals surface area contributed by atoms with Crippen LogP contribution in [0.2, 0.25) is 0 Å². The van der Waals surface area contributed by atoms with E-state index in [1.807, 2.05) is 0 Å². The first kappa shape index (κ1) is 16.3. The maximum absolute atomic E-state index is 5.49. The molecule has 0 bridgehead atoms. The molecule has 0 radical (unpaired) electrons. The lowest BCUT2D eigenvalue weighted by atomic mass is 9.70. The van der Waals surface area contributed by atoms with Crippen LogP contribution in [0.15, 0.2) is 0 Å². The molecule has 0 amide bonds. The van der Waals surface area contributed by atoms with Gasteiger partial charge in [0.1, 0.15) is 0 Å². The molecule has 2 fully saturated rings. The van der Waals surface area contributed by atoms with Crippen LogP contribution in [0, 0.1) is 11.3 Å². The first-order valence-corrected chi connectivity index (χ1v) is 8.63. The van der Waals surface area contributed by atoms with Crippen LogP contribution in [-0.2, 0) is 4.74 Å². The minimum absolute atomic E-state index is 0.510. The van der Waals surface area contributed by atoms with Crippen molar-refractivity contribution in [1.82, 2.24) is 10.2 Å². The summed E-state index contributed by atoms with van der Waals surface area (Å²) in [6.07, 6.45) is 8.40. The lowest BCUT2D eigenvalue weighted by molar-refractivity contribution is 0.0720. The molecule has 2 saturated carbocycles. The number of likely N-dealkylation sites (N-methyl/N-ethyl adjacent to an activating group) is 1. The van der Waals surface area contributed by atoms with E-state index in [2.05, 4.69) is 31.1 Å². The van der Waals surface area contributed by atoms with E-state index in [-0.39, 0.29) is 0 Å². The zero-order chi connectivity index (χ0) is 14.4. The molecule has 0 aromatic heterocycles. The Morgan fingerprint density at radius 2 is 1.90 bits per heavy atom. The van der Waals surface area contributed by atoms with Gasteiger partial charge in [-0.1, -0.05) is 19.8 Å². The van der Waals surface area contributed by atoms with Gasteiger partial charge < -0.3 is 15.0 Å². The molecule has 20 heavy (non-hydrogen) atoms. The number of hydrogen-bond acceptors (Lipinski definition) is 3. The monoisotopic (exact) mass is 282 g/mol. The van der Waals surface area contributed by atoms with Gasteiger partial charge in [-0.25, -0.2) is 0 Å². The first-order chi connectivity index (χ1) is 9.63. The predicted octanol–water partition coefficient (Wildman–Crippen LogP) is 2.90. The lowest BCUT2D eigenvalue weighted by Gasteiger charge is -2.42. The van der Waals surface area contributed by atoms with Crippen molar-refractivity contribution in [3.05, 3.63) is 0 Å². The third kappa shape index (κ3) is 5.34. The normalized spacial score (nSPS) is 30.9. The second-order valence-electron chi connectivity index (χ2n) is 7.27. The Morgan fingerprint density at radius 3 is 2.50 bits per heavy atom. The van der Waals surface area contributed by atoms with Crippen molar-refractivity contribution in [2.45, 2.75) is 58.4 Å². The van der Waals surface area contributed by atoms with E-state index >= 15 is 0 Å². The molecule has 0 aliphatic heterocycles. The van der Waals surface area contributed by atoms with E-state index in [1.54, 1.807) is 0 Å². The second-order valence-corrected chi connectivity index (χ2v) is 7.27. The summed E-state index contributed by atoms with van der Waals surface area (Å²) in [5, 5.41) is 3.80. The highest BCUT2D eigenvalue weighted by Gasteiger charge is 2.36.